The first kappa shape index (κ1) is 20.8. The molecule has 1 heterocycles. The predicted octanol–water partition coefficient (Wildman–Crippen LogP) is 4.67. The highest BCUT2D eigenvalue weighted by Crippen LogP contribution is 2.22. The van der Waals surface area contributed by atoms with E-state index in [1.807, 2.05) is 91.1 Å². The van der Waals surface area contributed by atoms with Gasteiger partial charge >= 0.3 is 0 Å². The number of amides is 1. The molecule has 31 heavy (non-hydrogen) atoms. The lowest BCUT2D eigenvalue weighted by molar-refractivity contribution is -0.123. The van der Waals surface area contributed by atoms with Crippen LogP contribution in [-0.2, 0) is 4.79 Å². The Morgan fingerprint density at radius 1 is 1.00 bits per heavy atom. The molecule has 4 aromatic rings. The standard InChI is InChI=1S/C24H19IN4O2/c25-20-11-13-22(14-12-20)31-17-23(30)27-26-15-19-16-29(21-9-5-2-6-10-21)28-24(19)18-7-3-1-4-8-18/h1-16H,17H2,(H,27,30)/b26-15+. The molecule has 0 bridgehead atoms. The Bertz CT molecular complexity index is 1170. The molecule has 0 spiro atoms. The lowest BCUT2D eigenvalue weighted by Crippen LogP contribution is -2.24. The molecular weight excluding hydrogens is 503 g/mol. The van der Waals surface area contributed by atoms with Gasteiger partial charge in [0.2, 0.25) is 0 Å². The van der Waals surface area contributed by atoms with Gasteiger partial charge < -0.3 is 4.74 Å². The van der Waals surface area contributed by atoms with Crippen LogP contribution < -0.4 is 10.2 Å². The molecule has 0 aliphatic carbocycles. The van der Waals surface area contributed by atoms with Crippen LogP contribution in [0.4, 0.5) is 0 Å². The molecule has 0 unspecified atom stereocenters. The Balaban J connectivity index is 1.47. The summed E-state index contributed by atoms with van der Waals surface area (Å²) in [5, 5.41) is 8.82. The zero-order valence-corrected chi connectivity index (χ0v) is 18.6. The van der Waals surface area contributed by atoms with E-state index in [-0.39, 0.29) is 12.5 Å². The molecule has 154 valence electrons. The number of halogens is 1. The molecule has 0 aliphatic rings. The smallest absolute Gasteiger partial charge is 0.277 e. The third-order valence-electron chi connectivity index (χ3n) is 4.39. The fraction of sp³-hybridized carbons (Fsp3) is 0.0417. The Morgan fingerprint density at radius 2 is 1.68 bits per heavy atom. The summed E-state index contributed by atoms with van der Waals surface area (Å²) in [4.78, 5) is 12.1. The van der Waals surface area contributed by atoms with Gasteiger partial charge in [-0.1, -0.05) is 48.5 Å². The van der Waals surface area contributed by atoms with E-state index in [0.717, 1.165) is 26.1 Å². The molecule has 0 saturated carbocycles. The van der Waals surface area contributed by atoms with Crippen LogP contribution in [0, 0.1) is 3.57 Å². The number of carbonyl (C=O) groups is 1. The average molecular weight is 522 g/mol. The number of ether oxygens (including phenoxy) is 1. The maximum Gasteiger partial charge on any atom is 0.277 e. The first-order valence-electron chi connectivity index (χ1n) is 9.60. The van der Waals surface area contributed by atoms with Crippen molar-refractivity contribution >= 4 is 34.7 Å². The van der Waals surface area contributed by atoms with Crippen molar-refractivity contribution in [3.63, 3.8) is 0 Å². The highest BCUT2D eigenvalue weighted by atomic mass is 127. The van der Waals surface area contributed by atoms with Gasteiger partial charge in [-0.15, -0.1) is 0 Å². The predicted molar refractivity (Wildman–Crippen MR) is 129 cm³/mol. The number of aromatic nitrogens is 2. The third kappa shape index (κ3) is 5.58. The maximum absolute atomic E-state index is 12.1. The number of rotatable bonds is 7. The largest absolute Gasteiger partial charge is 0.484 e. The summed E-state index contributed by atoms with van der Waals surface area (Å²) in [6.07, 6.45) is 3.48. The van der Waals surface area contributed by atoms with Gasteiger partial charge in [0.1, 0.15) is 11.4 Å². The molecular formula is C24H19IN4O2. The zero-order valence-electron chi connectivity index (χ0n) is 16.5. The summed E-state index contributed by atoms with van der Waals surface area (Å²) >= 11 is 2.21. The maximum atomic E-state index is 12.1. The van der Waals surface area contributed by atoms with Gasteiger partial charge in [-0.25, -0.2) is 10.1 Å². The molecule has 0 fully saturated rings. The van der Waals surface area contributed by atoms with E-state index in [2.05, 4.69) is 33.1 Å². The van der Waals surface area contributed by atoms with Crippen LogP contribution in [0.5, 0.6) is 5.75 Å². The molecule has 4 rings (SSSR count). The Morgan fingerprint density at radius 3 is 2.39 bits per heavy atom. The van der Waals surface area contributed by atoms with Crippen LogP contribution in [-0.4, -0.2) is 28.5 Å². The molecule has 0 atom stereocenters. The first-order chi connectivity index (χ1) is 15.2. The molecule has 1 N–H and O–H groups in total. The molecule has 0 aliphatic heterocycles. The quantitative estimate of drug-likeness (QED) is 0.218. The number of carbonyl (C=O) groups excluding carboxylic acids is 1. The number of hydrogen-bond acceptors (Lipinski definition) is 4. The van der Waals surface area contributed by atoms with Crippen molar-refractivity contribution in [2.24, 2.45) is 5.10 Å². The topological polar surface area (TPSA) is 68.5 Å². The van der Waals surface area contributed by atoms with Gasteiger partial charge in [0, 0.05) is 20.9 Å². The number of hydrazone groups is 1. The summed E-state index contributed by atoms with van der Waals surface area (Å²) in [5.41, 5.74) is 5.97. The Labute approximate surface area is 193 Å². The lowest BCUT2D eigenvalue weighted by atomic mass is 10.1. The fourth-order valence-electron chi connectivity index (χ4n) is 2.90. The molecule has 0 radical (unpaired) electrons. The second kappa shape index (κ2) is 10.0. The average Bonchev–Trinajstić information content (AvgIpc) is 3.24. The molecule has 3 aromatic carbocycles. The van der Waals surface area contributed by atoms with Crippen LogP contribution in [0.2, 0.25) is 0 Å². The van der Waals surface area contributed by atoms with Crippen molar-refractivity contribution in [2.75, 3.05) is 6.61 Å². The lowest BCUT2D eigenvalue weighted by Gasteiger charge is -2.04. The highest BCUT2D eigenvalue weighted by Gasteiger charge is 2.11. The molecule has 1 aromatic heterocycles. The molecule has 1 amide bonds. The van der Waals surface area contributed by atoms with Crippen LogP contribution in [0.15, 0.2) is 96.2 Å². The number of para-hydroxylation sites is 1. The summed E-state index contributed by atoms with van der Waals surface area (Å²) in [6.45, 7) is -0.118. The van der Waals surface area contributed by atoms with E-state index in [0.29, 0.717) is 5.75 Å². The second-order valence-electron chi connectivity index (χ2n) is 6.61. The minimum atomic E-state index is -0.341. The van der Waals surface area contributed by atoms with Gasteiger partial charge in [0.15, 0.2) is 6.61 Å². The molecule has 6 nitrogen and oxygen atoms in total. The third-order valence-corrected chi connectivity index (χ3v) is 5.11. The number of nitrogens with zero attached hydrogens (tertiary/aromatic N) is 3. The minimum Gasteiger partial charge on any atom is -0.484 e. The fourth-order valence-corrected chi connectivity index (χ4v) is 3.26. The van der Waals surface area contributed by atoms with Crippen LogP contribution in [0.1, 0.15) is 5.56 Å². The van der Waals surface area contributed by atoms with E-state index in [9.17, 15) is 4.79 Å². The Hall–Kier alpha value is -3.46. The number of nitrogens with one attached hydrogen (secondary N) is 1. The van der Waals surface area contributed by atoms with Crippen molar-refractivity contribution in [3.05, 3.63) is 100 Å². The van der Waals surface area contributed by atoms with Gasteiger partial charge in [-0.05, 0) is 59.0 Å². The van der Waals surface area contributed by atoms with Crippen LogP contribution >= 0.6 is 22.6 Å². The van der Waals surface area contributed by atoms with Crippen molar-refractivity contribution in [3.8, 4) is 22.7 Å². The van der Waals surface area contributed by atoms with Gasteiger partial charge in [0.05, 0.1) is 11.9 Å². The minimum absolute atomic E-state index is 0.118. The number of benzene rings is 3. The van der Waals surface area contributed by atoms with E-state index < -0.39 is 0 Å². The number of hydrogen-bond donors (Lipinski definition) is 1. The van der Waals surface area contributed by atoms with Gasteiger partial charge in [0.25, 0.3) is 5.91 Å². The second-order valence-corrected chi connectivity index (χ2v) is 7.86. The SMILES string of the molecule is O=C(COc1ccc(I)cc1)N/N=C/c1cn(-c2ccccc2)nc1-c1ccccc1. The van der Waals surface area contributed by atoms with E-state index in [1.165, 1.54) is 0 Å². The molecule has 0 saturated heterocycles. The van der Waals surface area contributed by atoms with E-state index in [4.69, 9.17) is 9.84 Å². The van der Waals surface area contributed by atoms with E-state index in [1.54, 1.807) is 10.9 Å². The summed E-state index contributed by atoms with van der Waals surface area (Å²) < 4.78 is 8.37. The Kier molecular flexibility index (Phi) is 6.73. The molecule has 7 heteroatoms. The van der Waals surface area contributed by atoms with Gasteiger partial charge in [-0.3, -0.25) is 4.79 Å². The summed E-state index contributed by atoms with van der Waals surface area (Å²) in [7, 11) is 0. The van der Waals surface area contributed by atoms with Gasteiger partial charge in [-0.2, -0.15) is 10.2 Å². The van der Waals surface area contributed by atoms with Crippen LogP contribution in [0.3, 0.4) is 0 Å². The zero-order chi connectivity index (χ0) is 21.5. The summed E-state index contributed by atoms with van der Waals surface area (Å²) in [6, 6.07) is 27.2. The van der Waals surface area contributed by atoms with Crippen molar-refractivity contribution in [2.45, 2.75) is 0 Å². The summed E-state index contributed by atoms with van der Waals surface area (Å²) in [5.74, 6) is 0.293. The monoisotopic (exact) mass is 522 g/mol. The first-order valence-corrected chi connectivity index (χ1v) is 10.7. The normalized spacial score (nSPS) is 10.9. The van der Waals surface area contributed by atoms with E-state index >= 15 is 0 Å². The van der Waals surface area contributed by atoms with Crippen molar-refractivity contribution in [1.82, 2.24) is 15.2 Å². The highest BCUT2D eigenvalue weighted by molar-refractivity contribution is 14.1. The van der Waals surface area contributed by atoms with Crippen molar-refractivity contribution < 1.29 is 9.53 Å². The van der Waals surface area contributed by atoms with Crippen LogP contribution in [0.25, 0.3) is 16.9 Å². The van der Waals surface area contributed by atoms with Crippen molar-refractivity contribution in [1.29, 1.82) is 0 Å².